The number of β-amino-alcohol motifs (C(OH)–C–C–N with tert-alkyl or cyclic N) is 1. The van der Waals surface area contributed by atoms with Gasteiger partial charge >= 0.3 is 6.09 Å². The highest BCUT2D eigenvalue weighted by Gasteiger charge is 2.45. The van der Waals surface area contributed by atoms with E-state index in [0.29, 0.717) is 13.1 Å². The highest BCUT2D eigenvalue weighted by atomic mass is 32.1. The van der Waals surface area contributed by atoms with E-state index in [-0.39, 0.29) is 49.1 Å². The summed E-state index contributed by atoms with van der Waals surface area (Å²) in [6.07, 6.45) is 4.42. The van der Waals surface area contributed by atoms with Crippen LogP contribution in [0.4, 0.5) is 4.79 Å². The monoisotopic (exact) mass is 753 g/mol. The quantitative estimate of drug-likeness (QED) is 0.293. The van der Waals surface area contributed by atoms with Crippen LogP contribution in [0.1, 0.15) is 111 Å². The zero-order valence-electron chi connectivity index (χ0n) is 32.7. The predicted molar refractivity (Wildman–Crippen MR) is 204 cm³/mol. The summed E-state index contributed by atoms with van der Waals surface area (Å²) < 4.78 is 11.6. The zero-order chi connectivity index (χ0) is 38.7. The Morgan fingerprint density at radius 1 is 1.00 bits per heavy atom. The Morgan fingerprint density at radius 2 is 1.64 bits per heavy atom. The molecule has 0 unspecified atom stereocenters. The lowest BCUT2D eigenvalue weighted by Gasteiger charge is -2.45. The molecule has 4 amide bonds. The van der Waals surface area contributed by atoms with Crippen LogP contribution < -0.4 is 10.6 Å². The molecule has 1 saturated carbocycles. The lowest BCUT2D eigenvalue weighted by atomic mass is 9.67. The zero-order valence-corrected chi connectivity index (χ0v) is 33.5. The van der Waals surface area contributed by atoms with Gasteiger partial charge in [-0.3, -0.25) is 14.4 Å². The summed E-state index contributed by atoms with van der Waals surface area (Å²) in [7, 11) is 0. The van der Waals surface area contributed by atoms with Crippen molar-refractivity contribution in [3.8, 4) is 10.4 Å². The second-order valence-electron chi connectivity index (χ2n) is 17.4. The average Bonchev–Trinajstić information content (AvgIpc) is 3.71. The van der Waals surface area contributed by atoms with Gasteiger partial charge in [0, 0.05) is 26.1 Å². The smallest absolute Gasteiger partial charge is 0.410 e. The number of aliphatic hydroxyl groups excluding tert-OH is 1. The number of aromatic nitrogens is 1. The number of aryl methyl sites for hydroxylation is 1. The van der Waals surface area contributed by atoms with Gasteiger partial charge in [0.15, 0.2) is 0 Å². The first-order chi connectivity index (χ1) is 24.8. The van der Waals surface area contributed by atoms with Gasteiger partial charge in [0.1, 0.15) is 24.3 Å². The molecule has 1 aromatic carbocycles. The number of piperidine rings is 1. The maximum atomic E-state index is 14.1. The lowest BCUT2D eigenvalue weighted by molar-refractivity contribution is -0.145. The Bertz CT molecular complexity index is 1600. The van der Waals surface area contributed by atoms with Crippen LogP contribution in [-0.4, -0.2) is 99.8 Å². The number of amides is 4. The third-order valence-corrected chi connectivity index (χ3v) is 12.0. The normalized spacial score (nSPS) is 22.0. The first-order valence-corrected chi connectivity index (χ1v) is 19.9. The number of ether oxygens (including phenoxy) is 2. The molecule has 3 aliphatic rings. The molecule has 3 heterocycles. The fourth-order valence-corrected chi connectivity index (χ4v) is 8.58. The fraction of sp³-hybridized carbons (Fsp3) is 0.675. The Kier molecular flexibility index (Phi) is 12.6. The topological polar surface area (TPSA) is 150 Å². The summed E-state index contributed by atoms with van der Waals surface area (Å²) in [6.45, 7) is 16.3. The number of rotatable bonds is 9. The van der Waals surface area contributed by atoms with Gasteiger partial charge in [-0.25, -0.2) is 9.78 Å². The van der Waals surface area contributed by atoms with E-state index in [1.54, 1.807) is 16.2 Å². The van der Waals surface area contributed by atoms with E-state index in [4.69, 9.17) is 9.47 Å². The van der Waals surface area contributed by atoms with Gasteiger partial charge in [0.25, 0.3) is 0 Å². The number of hydrogen-bond donors (Lipinski definition) is 3. The van der Waals surface area contributed by atoms with Crippen LogP contribution in [0.2, 0.25) is 0 Å². The molecule has 0 bridgehead atoms. The molecule has 4 atom stereocenters. The SMILES string of the molecule is Cc1ncsc1-c1ccc([C@H](C)NC(=O)[C@@H]2C[C@@H](O)CN2C(=O)[C@@H](NC(=O)COC2CCC3(CC2)CCN(C(=O)OC(C)(C)C)CC3)C(C)(C)C)cc1. The summed E-state index contributed by atoms with van der Waals surface area (Å²) in [5.41, 5.74) is 3.76. The summed E-state index contributed by atoms with van der Waals surface area (Å²) >= 11 is 1.58. The van der Waals surface area contributed by atoms with Crippen molar-refractivity contribution in [3.63, 3.8) is 0 Å². The van der Waals surface area contributed by atoms with Gasteiger partial charge in [-0.15, -0.1) is 11.3 Å². The maximum Gasteiger partial charge on any atom is 0.410 e. The Hall–Kier alpha value is -3.55. The van der Waals surface area contributed by atoms with Crippen LogP contribution in [0.3, 0.4) is 0 Å². The lowest BCUT2D eigenvalue weighted by Crippen LogP contribution is -2.58. The minimum absolute atomic E-state index is 0.00646. The number of aliphatic hydroxyl groups is 1. The molecular weight excluding hydrogens is 695 g/mol. The minimum atomic E-state index is -0.927. The molecular formula is C40H59N5O7S. The van der Waals surface area contributed by atoms with Gasteiger partial charge in [0.2, 0.25) is 17.7 Å². The molecule has 0 radical (unpaired) electrons. The van der Waals surface area contributed by atoms with Crippen LogP contribution in [0.15, 0.2) is 29.8 Å². The van der Waals surface area contributed by atoms with Gasteiger partial charge in [0.05, 0.1) is 34.3 Å². The van der Waals surface area contributed by atoms with E-state index < -0.39 is 41.0 Å². The van der Waals surface area contributed by atoms with Crippen LogP contribution in [-0.2, 0) is 23.9 Å². The Balaban J connectivity index is 1.11. The van der Waals surface area contributed by atoms with Crippen molar-refractivity contribution < 1.29 is 33.8 Å². The number of carbonyl (C=O) groups excluding carboxylic acids is 4. The Labute approximate surface area is 318 Å². The van der Waals surface area contributed by atoms with Crippen LogP contribution in [0, 0.1) is 17.8 Å². The van der Waals surface area contributed by atoms with E-state index in [1.165, 1.54) is 4.90 Å². The van der Waals surface area contributed by atoms with E-state index in [1.807, 2.05) is 85.2 Å². The maximum absolute atomic E-state index is 14.1. The van der Waals surface area contributed by atoms with E-state index in [2.05, 4.69) is 15.6 Å². The number of benzene rings is 1. The van der Waals surface area contributed by atoms with Crippen LogP contribution in [0.25, 0.3) is 10.4 Å². The molecule has 1 spiro atoms. The molecule has 292 valence electrons. The number of hydrogen-bond acceptors (Lipinski definition) is 9. The van der Waals surface area contributed by atoms with Crippen molar-refractivity contribution in [2.45, 2.75) is 136 Å². The standard InChI is InChI=1S/C40H59N5O7S/c1-25(27-9-11-28(12-10-27)33-26(2)41-24-53-33)42-35(48)31-21-29(46)22-45(31)36(49)34(38(3,4)5)43-32(47)23-51-30-13-15-40(16-14-30)17-19-44(20-18-40)37(50)52-39(6,7)8/h9-12,24-25,29-31,34,46H,13-23H2,1-8H3,(H,42,48)(H,43,47)/t25-,29+,31-,34+/m0/s1. The molecule has 3 N–H and O–H groups in total. The summed E-state index contributed by atoms with van der Waals surface area (Å²) in [6, 6.07) is 5.84. The first-order valence-electron chi connectivity index (χ1n) is 19.0. The van der Waals surface area contributed by atoms with Crippen molar-refractivity contribution in [2.24, 2.45) is 10.8 Å². The summed E-state index contributed by atoms with van der Waals surface area (Å²) in [4.78, 5) is 62.1. The molecule has 3 fully saturated rings. The number of thiazole rings is 1. The van der Waals surface area contributed by atoms with Gasteiger partial charge < -0.3 is 35.0 Å². The Morgan fingerprint density at radius 3 is 2.21 bits per heavy atom. The fourth-order valence-electron chi connectivity index (χ4n) is 7.77. The second kappa shape index (κ2) is 16.4. The largest absolute Gasteiger partial charge is 0.444 e. The van der Waals surface area contributed by atoms with Gasteiger partial charge in [-0.1, -0.05) is 45.0 Å². The van der Waals surface area contributed by atoms with Crippen molar-refractivity contribution in [1.82, 2.24) is 25.4 Å². The van der Waals surface area contributed by atoms with Gasteiger partial charge in [-0.2, -0.15) is 0 Å². The van der Waals surface area contributed by atoms with E-state index in [0.717, 1.165) is 60.2 Å². The predicted octanol–water partition coefficient (Wildman–Crippen LogP) is 5.76. The third kappa shape index (κ3) is 10.4. The van der Waals surface area contributed by atoms with Crippen molar-refractivity contribution in [2.75, 3.05) is 26.2 Å². The third-order valence-electron chi connectivity index (χ3n) is 11.0. The molecule has 2 aromatic rings. The van der Waals surface area contributed by atoms with Crippen LogP contribution in [0.5, 0.6) is 0 Å². The summed E-state index contributed by atoms with van der Waals surface area (Å²) in [5, 5.41) is 16.6. The first kappa shape index (κ1) is 40.6. The van der Waals surface area contributed by atoms with Crippen molar-refractivity contribution in [1.29, 1.82) is 0 Å². The number of carbonyl (C=O) groups is 4. The number of nitrogens with zero attached hydrogens (tertiary/aromatic N) is 3. The van der Waals surface area contributed by atoms with E-state index >= 15 is 0 Å². The number of nitrogens with one attached hydrogen (secondary N) is 2. The molecule has 1 aromatic heterocycles. The highest BCUT2D eigenvalue weighted by Crippen LogP contribution is 2.45. The summed E-state index contributed by atoms with van der Waals surface area (Å²) in [5.74, 6) is -1.15. The second-order valence-corrected chi connectivity index (χ2v) is 18.2. The highest BCUT2D eigenvalue weighted by molar-refractivity contribution is 7.13. The van der Waals surface area contributed by atoms with Gasteiger partial charge in [-0.05, 0) is 95.1 Å². The minimum Gasteiger partial charge on any atom is -0.444 e. The van der Waals surface area contributed by atoms with E-state index in [9.17, 15) is 24.3 Å². The molecule has 12 nitrogen and oxygen atoms in total. The molecule has 5 rings (SSSR count). The number of likely N-dealkylation sites (tertiary alicyclic amines) is 2. The molecule has 1 aliphatic carbocycles. The van der Waals surface area contributed by atoms with Crippen molar-refractivity contribution >= 4 is 35.2 Å². The average molecular weight is 754 g/mol. The van der Waals surface area contributed by atoms with Crippen molar-refractivity contribution in [3.05, 3.63) is 41.0 Å². The molecule has 13 heteroatoms. The molecule has 2 saturated heterocycles. The molecule has 53 heavy (non-hydrogen) atoms. The van der Waals surface area contributed by atoms with Crippen LogP contribution >= 0.6 is 11.3 Å². The molecule has 2 aliphatic heterocycles.